The highest BCUT2D eigenvalue weighted by Gasteiger charge is 3.15. The SMILES string of the molecule is CC1C2C3C4C(C)C56C(C7C(C)C3(C745)[C@@]2(C)[C@H]1C)C(CCN)[C@]61CCC1C. The van der Waals surface area contributed by atoms with Crippen molar-refractivity contribution in [3.8, 4) is 0 Å². The van der Waals surface area contributed by atoms with E-state index in [2.05, 4.69) is 41.5 Å². The third-order valence-corrected chi connectivity index (χ3v) is 15.2. The first-order chi connectivity index (χ1) is 12.8. The highest BCUT2D eigenvalue weighted by Crippen LogP contribution is 3.17. The largest absolute Gasteiger partial charge is 0.330 e. The fourth-order valence-corrected chi connectivity index (χ4v) is 15.7. The van der Waals surface area contributed by atoms with E-state index in [1.807, 2.05) is 0 Å². The summed E-state index contributed by atoms with van der Waals surface area (Å²) in [6, 6.07) is 0. The first kappa shape index (κ1) is 15.8. The predicted octanol–water partition coefficient (Wildman–Crippen LogP) is 5.05. The number of fused-ring (bicyclic) bond motifs is 4. The van der Waals surface area contributed by atoms with Gasteiger partial charge in [-0.25, -0.2) is 0 Å². The van der Waals surface area contributed by atoms with E-state index in [9.17, 15) is 0 Å². The Morgan fingerprint density at radius 1 is 0.778 bits per heavy atom. The molecule has 13 unspecified atom stereocenters. The van der Waals surface area contributed by atoms with Crippen molar-refractivity contribution in [2.75, 3.05) is 6.54 Å². The van der Waals surface area contributed by atoms with Crippen LogP contribution in [0.4, 0.5) is 0 Å². The molecule has 0 aromatic heterocycles. The van der Waals surface area contributed by atoms with Gasteiger partial charge in [0.15, 0.2) is 0 Å². The van der Waals surface area contributed by atoms with Crippen LogP contribution in [0.2, 0.25) is 0 Å². The van der Waals surface area contributed by atoms with Crippen molar-refractivity contribution < 1.29 is 0 Å². The quantitative estimate of drug-likeness (QED) is 0.728. The molecule has 8 rings (SSSR count). The van der Waals surface area contributed by atoms with Crippen LogP contribution in [-0.2, 0) is 0 Å². The second-order valence-electron chi connectivity index (χ2n) is 13.4. The normalized spacial score (nSPS) is 83.0. The van der Waals surface area contributed by atoms with Crippen molar-refractivity contribution in [2.24, 2.45) is 97.9 Å². The molecule has 8 aliphatic rings. The highest BCUT2D eigenvalue weighted by molar-refractivity contribution is 5.61. The van der Waals surface area contributed by atoms with Crippen LogP contribution in [-0.4, -0.2) is 6.54 Å². The lowest BCUT2D eigenvalue weighted by atomic mass is 8.86. The third-order valence-electron chi connectivity index (χ3n) is 15.2. The molecule has 0 saturated heterocycles. The summed E-state index contributed by atoms with van der Waals surface area (Å²) in [6.07, 6.45) is 4.40. The maximum Gasteiger partial charge on any atom is -0.00743 e. The van der Waals surface area contributed by atoms with E-state index in [1.54, 1.807) is 6.42 Å². The summed E-state index contributed by atoms with van der Waals surface area (Å²) < 4.78 is 0. The molecule has 0 aromatic carbocycles. The van der Waals surface area contributed by atoms with E-state index >= 15 is 0 Å². The molecule has 8 aliphatic carbocycles. The first-order valence-corrected chi connectivity index (χ1v) is 12.5. The van der Waals surface area contributed by atoms with Gasteiger partial charge in [0.2, 0.25) is 0 Å². The zero-order valence-electron chi connectivity index (χ0n) is 18.3. The van der Waals surface area contributed by atoms with Crippen molar-refractivity contribution in [3.63, 3.8) is 0 Å². The molecule has 2 N–H and O–H groups in total. The summed E-state index contributed by atoms with van der Waals surface area (Å²) in [6.45, 7) is 17.0. The Balaban J connectivity index is 1.32. The molecule has 16 atom stereocenters. The number of nitrogens with two attached hydrogens (primary N) is 1. The minimum Gasteiger partial charge on any atom is -0.330 e. The van der Waals surface area contributed by atoms with Gasteiger partial charge in [0.25, 0.3) is 0 Å². The van der Waals surface area contributed by atoms with Crippen LogP contribution < -0.4 is 5.73 Å². The molecule has 0 heterocycles. The van der Waals surface area contributed by atoms with Gasteiger partial charge in [-0.15, -0.1) is 0 Å². The maximum absolute atomic E-state index is 6.18. The Bertz CT molecular complexity index is 819. The molecule has 148 valence electrons. The summed E-state index contributed by atoms with van der Waals surface area (Å²) >= 11 is 0. The van der Waals surface area contributed by atoms with E-state index in [0.29, 0.717) is 5.41 Å². The van der Waals surface area contributed by atoms with Crippen molar-refractivity contribution in [1.29, 1.82) is 0 Å². The molecular weight excluding hydrogens is 326 g/mol. The molecule has 0 aromatic rings. The monoisotopic (exact) mass is 365 g/mol. The van der Waals surface area contributed by atoms with Gasteiger partial charge in [-0.2, -0.15) is 0 Å². The van der Waals surface area contributed by atoms with Gasteiger partial charge in [-0.1, -0.05) is 41.5 Å². The van der Waals surface area contributed by atoms with Crippen LogP contribution in [0.1, 0.15) is 60.8 Å². The van der Waals surface area contributed by atoms with E-state index in [4.69, 9.17) is 5.73 Å². The topological polar surface area (TPSA) is 26.0 Å². The molecule has 0 amide bonds. The van der Waals surface area contributed by atoms with Crippen molar-refractivity contribution in [3.05, 3.63) is 0 Å². The lowest BCUT2D eigenvalue weighted by molar-refractivity contribution is -0.718. The Morgan fingerprint density at radius 3 is 2.04 bits per heavy atom. The molecule has 8 fully saturated rings. The van der Waals surface area contributed by atoms with E-state index in [0.717, 1.165) is 93.3 Å². The molecule has 1 heteroatoms. The molecule has 0 radical (unpaired) electrons. The zero-order valence-corrected chi connectivity index (χ0v) is 18.3. The Morgan fingerprint density at radius 2 is 1.44 bits per heavy atom. The standard InChI is InChI=1S/C26H39N/c1-11-7-9-23(11)16(8-10-27)20-18-14(4)24-21(17-12(2)13(3)22(17,24)6)19-15(5)25(20,23)26(18,19)24/h11-21H,7-10,27H2,1-6H3/t11?,12?,13-,14?,15?,16?,17?,18?,19?,20?,21?,22-,23+,24?,25?,26?/m0/s1. The lowest BCUT2D eigenvalue weighted by Gasteiger charge is -3.17. The number of hydrogen-bond acceptors (Lipinski definition) is 1. The average molecular weight is 366 g/mol. The van der Waals surface area contributed by atoms with Gasteiger partial charge in [0.1, 0.15) is 0 Å². The Hall–Kier alpha value is -0.0400. The van der Waals surface area contributed by atoms with Crippen LogP contribution in [0, 0.1) is 92.2 Å². The summed E-state index contributed by atoms with van der Waals surface area (Å²) in [5, 5.41) is 0. The van der Waals surface area contributed by atoms with E-state index in [1.165, 1.54) is 12.8 Å². The highest BCUT2D eigenvalue weighted by atomic mass is 15.2. The lowest BCUT2D eigenvalue weighted by Crippen LogP contribution is -3.15. The second kappa shape index (κ2) is 3.61. The molecule has 27 heavy (non-hydrogen) atoms. The second-order valence-corrected chi connectivity index (χ2v) is 13.4. The Kier molecular flexibility index (Phi) is 2.10. The molecule has 0 aliphatic heterocycles. The van der Waals surface area contributed by atoms with Crippen LogP contribution in [0.5, 0.6) is 0 Å². The van der Waals surface area contributed by atoms with Crippen molar-refractivity contribution in [2.45, 2.75) is 60.8 Å². The smallest absolute Gasteiger partial charge is 0.00743 e. The molecule has 4 spiro atoms. The number of hydrogen-bond donors (Lipinski definition) is 1. The maximum atomic E-state index is 6.18. The summed E-state index contributed by atoms with van der Waals surface area (Å²) in [5.41, 5.74) is 9.99. The van der Waals surface area contributed by atoms with Gasteiger partial charge in [0.05, 0.1) is 0 Å². The van der Waals surface area contributed by atoms with E-state index < -0.39 is 0 Å². The summed E-state index contributed by atoms with van der Waals surface area (Å²) in [4.78, 5) is 0. The van der Waals surface area contributed by atoms with Crippen LogP contribution in [0.15, 0.2) is 0 Å². The fourth-order valence-electron chi connectivity index (χ4n) is 15.7. The van der Waals surface area contributed by atoms with Gasteiger partial charge < -0.3 is 5.73 Å². The molecule has 0 bridgehead atoms. The van der Waals surface area contributed by atoms with Gasteiger partial charge in [-0.05, 0) is 118 Å². The molecule has 8 saturated carbocycles. The summed E-state index contributed by atoms with van der Waals surface area (Å²) in [7, 11) is 0. The first-order valence-electron chi connectivity index (χ1n) is 12.5. The van der Waals surface area contributed by atoms with Gasteiger partial charge in [-0.3, -0.25) is 0 Å². The minimum absolute atomic E-state index is 0.703. The molecule has 1 nitrogen and oxygen atoms in total. The molecular formula is C26H39N. The van der Waals surface area contributed by atoms with Gasteiger partial charge in [0, 0.05) is 0 Å². The zero-order chi connectivity index (χ0) is 18.7. The number of rotatable bonds is 2. The van der Waals surface area contributed by atoms with E-state index in [-0.39, 0.29) is 0 Å². The van der Waals surface area contributed by atoms with Crippen LogP contribution in [0.3, 0.4) is 0 Å². The third kappa shape index (κ3) is 0.794. The predicted molar refractivity (Wildman–Crippen MR) is 108 cm³/mol. The Labute approximate surface area is 165 Å². The average Bonchev–Trinajstić information content (AvgIpc) is 2.61. The minimum atomic E-state index is 0.703. The van der Waals surface area contributed by atoms with Crippen LogP contribution >= 0.6 is 0 Å². The van der Waals surface area contributed by atoms with Crippen LogP contribution in [0.25, 0.3) is 0 Å². The summed E-state index contributed by atoms with van der Waals surface area (Å²) in [5.74, 6) is 11.5. The fraction of sp³-hybridized carbons (Fsp3) is 1.00. The van der Waals surface area contributed by atoms with Crippen molar-refractivity contribution in [1.82, 2.24) is 0 Å². The van der Waals surface area contributed by atoms with Gasteiger partial charge >= 0.3 is 0 Å². The van der Waals surface area contributed by atoms with Crippen molar-refractivity contribution >= 4 is 0 Å².